The van der Waals surface area contributed by atoms with Gasteiger partial charge in [0.25, 0.3) is 0 Å². The van der Waals surface area contributed by atoms with Gasteiger partial charge in [-0.1, -0.05) is 26.0 Å². The third-order valence-corrected chi connectivity index (χ3v) is 7.09. The fourth-order valence-electron chi connectivity index (χ4n) is 3.32. The zero-order chi connectivity index (χ0) is 21.6. The average Bonchev–Trinajstić information content (AvgIpc) is 2.66. The largest absolute Gasteiger partial charge is 0.353 e. The van der Waals surface area contributed by atoms with E-state index in [0.29, 0.717) is 37.7 Å². The summed E-state index contributed by atoms with van der Waals surface area (Å²) in [4.78, 5) is 25.8. The average molecular weight is 424 g/mol. The number of nitrogens with one attached hydrogen (secondary N) is 1. The van der Waals surface area contributed by atoms with Crippen molar-refractivity contribution in [2.24, 2.45) is 5.92 Å². The molecule has 1 fully saturated rings. The molecule has 8 heteroatoms. The molecule has 1 saturated heterocycles. The molecular weight excluding hydrogens is 390 g/mol. The van der Waals surface area contributed by atoms with Gasteiger partial charge >= 0.3 is 0 Å². The Hall–Kier alpha value is -1.77. The van der Waals surface area contributed by atoms with Crippen LogP contribution in [0.3, 0.4) is 0 Å². The number of carbonyl (C=O) groups excluding carboxylic acids is 2. The standard InChI is InChI=1S/C21H33N3O4S/c1-16(2)5-6-17(3)22-21(26)15-23-11-13-24(14-12-23)29(27,28)20-9-7-19(8-10-20)18(4)25/h7-10,16-17H,5-6,11-15H2,1-4H3,(H,22,26)/t17-/m1/s1. The minimum Gasteiger partial charge on any atom is -0.353 e. The first-order valence-electron chi connectivity index (χ1n) is 10.2. The number of rotatable bonds is 9. The zero-order valence-corrected chi connectivity index (χ0v) is 18.7. The van der Waals surface area contributed by atoms with E-state index in [4.69, 9.17) is 0 Å². The van der Waals surface area contributed by atoms with Crippen LogP contribution < -0.4 is 5.32 Å². The lowest BCUT2D eigenvalue weighted by Crippen LogP contribution is -2.51. The zero-order valence-electron chi connectivity index (χ0n) is 17.8. The number of benzene rings is 1. The van der Waals surface area contributed by atoms with Crippen molar-refractivity contribution in [3.63, 3.8) is 0 Å². The SMILES string of the molecule is CC(=O)c1ccc(S(=O)(=O)N2CCN(CC(=O)N[C@H](C)CCC(C)C)CC2)cc1. The molecule has 29 heavy (non-hydrogen) atoms. The van der Waals surface area contributed by atoms with Crippen LogP contribution in [0.2, 0.25) is 0 Å². The van der Waals surface area contributed by atoms with Crippen LogP contribution in [-0.2, 0) is 14.8 Å². The molecule has 1 aromatic rings. The Morgan fingerprint density at radius 3 is 2.10 bits per heavy atom. The first-order chi connectivity index (χ1) is 13.6. The van der Waals surface area contributed by atoms with Gasteiger partial charge in [-0.3, -0.25) is 14.5 Å². The molecule has 1 amide bonds. The van der Waals surface area contributed by atoms with Crippen LogP contribution in [-0.4, -0.2) is 68.1 Å². The van der Waals surface area contributed by atoms with Gasteiger partial charge in [-0.2, -0.15) is 4.31 Å². The quantitative estimate of drug-likeness (QED) is 0.615. The Labute approximate surface area is 174 Å². The number of carbonyl (C=O) groups is 2. The number of hydrogen-bond donors (Lipinski definition) is 1. The van der Waals surface area contributed by atoms with Crippen LogP contribution >= 0.6 is 0 Å². The van der Waals surface area contributed by atoms with E-state index in [9.17, 15) is 18.0 Å². The summed E-state index contributed by atoms with van der Waals surface area (Å²) in [5.41, 5.74) is 0.488. The highest BCUT2D eigenvalue weighted by molar-refractivity contribution is 7.89. The Morgan fingerprint density at radius 1 is 1.00 bits per heavy atom. The molecule has 0 aromatic heterocycles. The van der Waals surface area contributed by atoms with Crippen LogP contribution in [0.25, 0.3) is 0 Å². The summed E-state index contributed by atoms with van der Waals surface area (Å²) in [6.45, 7) is 9.79. The lowest BCUT2D eigenvalue weighted by atomic mass is 10.0. The van der Waals surface area contributed by atoms with Crippen molar-refractivity contribution < 1.29 is 18.0 Å². The van der Waals surface area contributed by atoms with E-state index in [1.165, 1.54) is 35.5 Å². The van der Waals surface area contributed by atoms with Crippen molar-refractivity contribution >= 4 is 21.7 Å². The molecule has 7 nitrogen and oxygen atoms in total. The number of sulfonamides is 1. The smallest absolute Gasteiger partial charge is 0.243 e. The predicted octanol–water partition coefficient (Wildman–Crippen LogP) is 2.14. The molecule has 1 N–H and O–H groups in total. The number of piperazine rings is 1. The lowest BCUT2D eigenvalue weighted by Gasteiger charge is -2.33. The summed E-state index contributed by atoms with van der Waals surface area (Å²) >= 11 is 0. The number of hydrogen-bond acceptors (Lipinski definition) is 5. The molecule has 0 saturated carbocycles. The molecule has 1 aliphatic rings. The van der Waals surface area contributed by atoms with E-state index in [2.05, 4.69) is 19.2 Å². The third kappa shape index (κ3) is 6.90. The monoisotopic (exact) mass is 423 g/mol. The number of ketones is 1. The molecule has 1 aromatic carbocycles. The molecule has 1 aliphatic heterocycles. The second-order valence-corrected chi connectivity index (χ2v) is 10.1. The van der Waals surface area contributed by atoms with Gasteiger partial charge in [-0.05, 0) is 44.7 Å². The van der Waals surface area contributed by atoms with Gasteiger partial charge in [0.2, 0.25) is 15.9 Å². The normalized spacial score (nSPS) is 17.3. The van der Waals surface area contributed by atoms with Crippen molar-refractivity contribution in [2.45, 2.75) is 51.5 Å². The molecule has 1 heterocycles. The minimum atomic E-state index is -3.60. The molecule has 0 bridgehead atoms. The highest BCUT2D eigenvalue weighted by Crippen LogP contribution is 2.18. The molecule has 0 aliphatic carbocycles. The van der Waals surface area contributed by atoms with Gasteiger partial charge in [-0.25, -0.2) is 8.42 Å². The number of Topliss-reactive ketones (excluding diaryl/α,β-unsaturated/α-hetero) is 1. The Balaban J connectivity index is 1.84. The summed E-state index contributed by atoms with van der Waals surface area (Å²) in [6.07, 6.45) is 2.03. The van der Waals surface area contributed by atoms with Crippen molar-refractivity contribution in [1.82, 2.24) is 14.5 Å². The Kier molecular flexibility index (Phi) is 8.36. The second kappa shape index (κ2) is 10.3. The first-order valence-corrected chi connectivity index (χ1v) is 11.7. The molecule has 2 rings (SSSR count). The number of amides is 1. The number of nitrogens with zero attached hydrogens (tertiary/aromatic N) is 2. The molecule has 0 unspecified atom stereocenters. The van der Waals surface area contributed by atoms with Crippen LogP contribution in [0.4, 0.5) is 0 Å². The maximum atomic E-state index is 12.8. The van der Waals surface area contributed by atoms with Crippen LogP contribution in [0, 0.1) is 5.92 Å². The van der Waals surface area contributed by atoms with E-state index in [-0.39, 0.29) is 29.2 Å². The fraction of sp³-hybridized carbons (Fsp3) is 0.619. The first kappa shape index (κ1) is 23.5. The van der Waals surface area contributed by atoms with E-state index in [0.717, 1.165) is 12.8 Å². The third-order valence-electron chi connectivity index (χ3n) is 5.18. The lowest BCUT2D eigenvalue weighted by molar-refractivity contribution is -0.123. The summed E-state index contributed by atoms with van der Waals surface area (Å²) in [5.74, 6) is 0.500. The Bertz CT molecular complexity index is 798. The van der Waals surface area contributed by atoms with Gasteiger partial charge in [0.15, 0.2) is 5.78 Å². The summed E-state index contributed by atoms with van der Waals surface area (Å²) in [6, 6.07) is 6.17. The highest BCUT2D eigenvalue weighted by Gasteiger charge is 2.29. The van der Waals surface area contributed by atoms with Gasteiger partial charge in [0.05, 0.1) is 11.4 Å². The fourth-order valence-corrected chi connectivity index (χ4v) is 4.74. The van der Waals surface area contributed by atoms with E-state index >= 15 is 0 Å². The van der Waals surface area contributed by atoms with Gasteiger partial charge in [-0.15, -0.1) is 0 Å². The summed E-state index contributed by atoms with van der Waals surface area (Å²) in [7, 11) is -3.60. The maximum absolute atomic E-state index is 12.8. The molecule has 0 spiro atoms. The molecule has 0 radical (unpaired) electrons. The van der Waals surface area contributed by atoms with Gasteiger partial charge < -0.3 is 5.32 Å². The molecule has 1 atom stereocenters. The summed E-state index contributed by atoms with van der Waals surface area (Å²) < 4.78 is 27.1. The van der Waals surface area contributed by atoms with Gasteiger partial charge in [0.1, 0.15) is 0 Å². The van der Waals surface area contributed by atoms with Crippen molar-refractivity contribution in [3.8, 4) is 0 Å². The van der Waals surface area contributed by atoms with Crippen LogP contribution in [0.15, 0.2) is 29.2 Å². The summed E-state index contributed by atoms with van der Waals surface area (Å²) in [5, 5.41) is 3.02. The molecular formula is C21H33N3O4S. The maximum Gasteiger partial charge on any atom is 0.243 e. The minimum absolute atomic E-state index is 0.0163. The van der Waals surface area contributed by atoms with Crippen molar-refractivity contribution in [3.05, 3.63) is 29.8 Å². The topological polar surface area (TPSA) is 86.8 Å². The van der Waals surface area contributed by atoms with E-state index in [1.54, 1.807) is 0 Å². The van der Waals surface area contributed by atoms with E-state index in [1.807, 2.05) is 11.8 Å². The molecule has 162 valence electrons. The Morgan fingerprint density at radius 2 is 1.59 bits per heavy atom. The predicted molar refractivity (Wildman–Crippen MR) is 113 cm³/mol. The van der Waals surface area contributed by atoms with E-state index < -0.39 is 10.0 Å². The highest BCUT2D eigenvalue weighted by atomic mass is 32.2. The van der Waals surface area contributed by atoms with Crippen molar-refractivity contribution in [1.29, 1.82) is 0 Å². The van der Waals surface area contributed by atoms with Gasteiger partial charge in [0, 0.05) is 37.8 Å². The van der Waals surface area contributed by atoms with Crippen LogP contribution in [0.1, 0.15) is 50.9 Å². The second-order valence-electron chi connectivity index (χ2n) is 8.20. The van der Waals surface area contributed by atoms with Crippen LogP contribution in [0.5, 0.6) is 0 Å². The van der Waals surface area contributed by atoms with Crippen molar-refractivity contribution in [2.75, 3.05) is 32.7 Å².